The van der Waals surface area contributed by atoms with Crippen LogP contribution in [-0.4, -0.2) is 66.8 Å². The Hall–Kier alpha value is -10.1. The van der Waals surface area contributed by atoms with E-state index in [4.69, 9.17) is 67.5 Å². The molecular formula is C51H42N6O12. The number of hydrogen-bond acceptors (Lipinski definition) is 18. The molecule has 0 aliphatic heterocycles. The van der Waals surface area contributed by atoms with E-state index in [1.165, 1.54) is 0 Å². The van der Waals surface area contributed by atoms with Gasteiger partial charge in [-0.15, -0.1) is 0 Å². The number of carbonyl (C=O) groups excluding carboxylic acids is 12. The molecule has 0 fully saturated rings. The van der Waals surface area contributed by atoms with Crippen molar-refractivity contribution >= 4 is 67.3 Å². The minimum absolute atomic E-state index is 0.250. The zero-order valence-electron chi connectivity index (χ0n) is 37.7. The molecule has 6 heterocycles. The van der Waals surface area contributed by atoms with E-state index in [1.807, 2.05) is 144 Å². The van der Waals surface area contributed by atoms with Crippen LogP contribution in [0, 0.1) is 0 Å². The molecule has 18 heteroatoms. The van der Waals surface area contributed by atoms with Crippen molar-refractivity contribution in [2.24, 2.45) is 0 Å². The first-order valence-electron chi connectivity index (χ1n) is 19.5. The van der Waals surface area contributed by atoms with E-state index in [1.54, 1.807) is 0 Å². The molecule has 0 unspecified atom stereocenters. The van der Waals surface area contributed by atoms with Gasteiger partial charge < -0.3 is 0 Å². The van der Waals surface area contributed by atoms with Crippen LogP contribution in [0.25, 0.3) is 75.9 Å². The first-order chi connectivity index (χ1) is 33.5. The normalized spacial score (nSPS) is 9.29. The van der Waals surface area contributed by atoms with E-state index in [0.29, 0.717) is 0 Å². The van der Waals surface area contributed by atoms with Crippen LogP contribution in [0.4, 0.5) is 0 Å². The minimum Gasteiger partial charge on any atom is -0.255 e. The molecule has 0 N–H and O–H groups in total. The Labute approximate surface area is 395 Å². The average Bonchev–Trinajstić information content (AvgIpc) is 3.34. The molecule has 348 valence electrons. The highest BCUT2D eigenvalue weighted by Crippen LogP contribution is 2.26. The predicted octanol–water partition coefficient (Wildman–Crippen LogP) is 8.08. The van der Waals surface area contributed by atoms with Crippen molar-refractivity contribution in [3.8, 4) is 45.6 Å². The fourth-order valence-corrected chi connectivity index (χ4v) is 5.36. The van der Waals surface area contributed by atoms with Gasteiger partial charge in [0, 0.05) is 24.8 Å². The third kappa shape index (κ3) is 26.3. The molecule has 0 saturated carbocycles. The second-order valence-corrected chi connectivity index (χ2v) is 12.0. The Morgan fingerprint density at radius 2 is 0.493 bits per heavy atom. The summed E-state index contributed by atoms with van der Waals surface area (Å²) in [5, 5.41) is 0. The van der Waals surface area contributed by atoms with Gasteiger partial charge in [-0.25, -0.2) is 9.97 Å². The van der Waals surface area contributed by atoms with Gasteiger partial charge in [0.05, 0.1) is 45.6 Å². The van der Waals surface area contributed by atoms with Gasteiger partial charge in [0.1, 0.15) is 0 Å². The van der Waals surface area contributed by atoms with Crippen molar-refractivity contribution < 1.29 is 57.5 Å². The summed E-state index contributed by atoms with van der Waals surface area (Å²) in [5.74, 6) is 0. The van der Waals surface area contributed by atoms with Crippen LogP contribution in [-0.2, 0) is 57.5 Å². The zero-order chi connectivity index (χ0) is 52.1. The van der Waals surface area contributed by atoms with Crippen LogP contribution in [0.5, 0.6) is 0 Å². The highest BCUT2D eigenvalue weighted by molar-refractivity contribution is 5.71. The van der Waals surface area contributed by atoms with Crippen molar-refractivity contribution in [1.82, 2.24) is 29.9 Å². The van der Waals surface area contributed by atoms with Gasteiger partial charge in [0.2, 0.25) is 0 Å². The lowest BCUT2D eigenvalue weighted by molar-refractivity contribution is -0.193. The maximum Gasteiger partial charge on any atom is 0.373 e. The molecule has 0 spiro atoms. The molecule has 0 aliphatic rings. The van der Waals surface area contributed by atoms with Crippen molar-refractivity contribution in [2.45, 2.75) is 34.6 Å². The topological polar surface area (TPSA) is 282 Å². The molecule has 6 aromatic rings. The third-order valence-corrected chi connectivity index (χ3v) is 7.58. The van der Waals surface area contributed by atoms with Gasteiger partial charge in [-0.05, 0) is 135 Å². The highest BCUT2D eigenvalue weighted by Gasteiger charge is 2.10. The van der Waals surface area contributed by atoms with E-state index in [2.05, 4.69) is 74.6 Å². The summed E-state index contributed by atoms with van der Waals surface area (Å²) in [7, 11) is 0. The zero-order valence-corrected chi connectivity index (χ0v) is 37.7. The molecule has 0 saturated heterocycles. The van der Waals surface area contributed by atoms with E-state index < -0.39 is 0 Å². The lowest BCUT2D eigenvalue weighted by Gasteiger charge is -2.08. The molecule has 6 rings (SSSR count). The third-order valence-electron chi connectivity index (χ3n) is 7.58. The van der Waals surface area contributed by atoms with Crippen LogP contribution in [0.15, 0.2) is 134 Å². The van der Waals surface area contributed by atoms with Crippen molar-refractivity contribution in [2.75, 3.05) is 0 Å². The van der Waals surface area contributed by atoms with Gasteiger partial charge in [-0.3, -0.25) is 19.9 Å². The van der Waals surface area contributed by atoms with Gasteiger partial charge >= 0.3 is 36.9 Å². The summed E-state index contributed by atoms with van der Waals surface area (Å²) in [5.41, 5.74) is 12.3. The number of rotatable bonds is 9. The Bertz CT molecular complexity index is 2620. The molecule has 0 atom stereocenters. The maximum absolute atomic E-state index is 8.12. The number of allylic oxidation sites excluding steroid dienone is 5. The van der Waals surface area contributed by atoms with Crippen molar-refractivity contribution in [1.29, 1.82) is 0 Å². The molecule has 0 bridgehead atoms. The predicted molar refractivity (Wildman–Crippen MR) is 245 cm³/mol. The van der Waals surface area contributed by atoms with Gasteiger partial charge in [0.15, 0.2) is 0 Å². The van der Waals surface area contributed by atoms with Crippen LogP contribution >= 0.6 is 0 Å². The first-order valence-corrected chi connectivity index (χ1v) is 19.5. The number of hydrogen-bond donors (Lipinski definition) is 0. The summed E-state index contributed by atoms with van der Waals surface area (Å²) < 4.78 is 0. The standard InChI is InChI=1S/C24H23N3.C21H19N3.6CO2/c1-4-7-18-10-12-25-21(14-18)23-16-20(9-6-3)17-24(27-23)22-15-19(8-5-2)11-13-26-22;1-3-6-16-10-12-22-20(14-16)18-8-5-9-19(24-18)21-15-17(7-4-2)11-13-23-21;6*2-1-3/h4-17H,1-3H3;3-15H,1-2H3;;;;;;/b7-4-,8-5-,9-6-;6-3-,7-4-;;;;;;. The fourth-order valence-electron chi connectivity index (χ4n) is 5.36. The average molecular weight is 931 g/mol. The van der Waals surface area contributed by atoms with Gasteiger partial charge in [-0.2, -0.15) is 57.5 Å². The van der Waals surface area contributed by atoms with E-state index in [0.717, 1.165) is 73.4 Å². The second-order valence-electron chi connectivity index (χ2n) is 12.0. The fraction of sp³-hybridized carbons (Fsp3) is 0.0980. The monoisotopic (exact) mass is 930 g/mol. The minimum atomic E-state index is 0.250. The number of pyridine rings is 6. The Morgan fingerprint density at radius 1 is 0.290 bits per heavy atom. The smallest absolute Gasteiger partial charge is 0.255 e. The summed E-state index contributed by atoms with van der Waals surface area (Å²) >= 11 is 0. The Morgan fingerprint density at radius 3 is 0.739 bits per heavy atom. The second kappa shape index (κ2) is 40.6. The molecule has 69 heavy (non-hydrogen) atoms. The molecule has 0 aromatic carbocycles. The summed E-state index contributed by atoms with van der Waals surface area (Å²) in [4.78, 5) is 125. The Kier molecular flexibility index (Phi) is 35.9. The summed E-state index contributed by atoms with van der Waals surface area (Å²) in [6, 6.07) is 26.2. The number of aromatic nitrogens is 6. The quantitative estimate of drug-likeness (QED) is 0.132. The van der Waals surface area contributed by atoms with Crippen molar-refractivity contribution in [3.05, 3.63) is 162 Å². The lowest BCUT2D eigenvalue weighted by atomic mass is 10.1. The first kappa shape index (κ1) is 61.0. The maximum atomic E-state index is 8.12. The van der Waals surface area contributed by atoms with E-state index in [-0.39, 0.29) is 36.9 Å². The largest absolute Gasteiger partial charge is 0.373 e. The highest BCUT2D eigenvalue weighted by atomic mass is 16.2. The molecule has 6 aromatic heterocycles. The van der Waals surface area contributed by atoms with Crippen LogP contribution in [0.1, 0.15) is 62.4 Å². The molecular weight excluding hydrogens is 889 g/mol. The van der Waals surface area contributed by atoms with Gasteiger partial charge in [0.25, 0.3) is 0 Å². The van der Waals surface area contributed by atoms with Crippen LogP contribution < -0.4 is 0 Å². The SMILES string of the molecule is C/C=C\c1ccnc(-c2cc(/C=C\C)cc(-c3cc(/C=C\C)ccn3)n2)c1.C/C=C\c1ccnc(-c2cccc(-c3cc(/C=C\C)ccn3)n2)c1.O=C=O.O=C=O.O=C=O.O=C=O.O=C=O.O=C=O. The van der Waals surface area contributed by atoms with E-state index in [9.17, 15) is 0 Å². The van der Waals surface area contributed by atoms with Crippen molar-refractivity contribution in [3.63, 3.8) is 0 Å². The van der Waals surface area contributed by atoms with E-state index >= 15 is 0 Å². The van der Waals surface area contributed by atoms with Crippen LogP contribution in [0.2, 0.25) is 0 Å². The summed E-state index contributed by atoms with van der Waals surface area (Å²) in [6.07, 6.45) is 29.1. The summed E-state index contributed by atoms with van der Waals surface area (Å²) in [6.45, 7) is 10.0. The van der Waals surface area contributed by atoms with Crippen LogP contribution in [0.3, 0.4) is 0 Å². The molecule has 0 aliphatic carbocycles. The Balaban J connectivity index is 0. The van der Waals surface area contributed by atoms with Gasteiger partial charge in [-0.1, -0.05) is 66.8 Å². The molecule has 0 amide bonds. The lowest BCUT2D eigenvalue weighted by Crippen LogP contribution is -1.94. The number of nitrogens with zero attached hydrogens (tertiary/aromatic N) is 6. The molecule has 18 nitrogen and oxygen atoms in total. The molecule has 0 radical (unpaired) electrons.